The smallest absolute Gasteiger partial charge is 0.164 e. The zero-order chi connectivity index (χ0) is 15.1. The van der Waals surface area contributed by atoms with Crippen LogP contribution in [0, 0.1) is 0 Å². The van der Waals surface area contributed by atoms with E-state index in [2.05, 4.69) is 51.8 Å². The van der Waals surface area contributed by atoms with E-state index in [-0.39, 0.29) is 5.41 Å². The van der Waals surface area contributed by atoms with Crippen LogP contribution >= 0.6 is 27.5 Å². The van der Waals surface area contributed by atoms with Crippen LogP contribution in [-0.4, -0.2) is 19.7 Å². The molecule has 0 unspecified atom stereocenters. The monoisotopic (exact) mass is 356 g/mol. The highest BCUT2D eigenvalue weighted by Crippen LogP contribution is 2.32. The lowest BCUT2D eigenvalue weighted by molar-refractivity contribution is 0.554. The van der Waals surface area contributed by atoms with Gasteiger partial charge in [0, 0.05) is 18.7 Å². The lowest BCUT2D eigenvalue weighted by atomic mass is 9.89. The molecule has 6 heteroatoms. The fourth-order valence-corrected chi connectivity index (χ4v) is 2.67. The highest BCUT2D eigenvalue weighted by molar-refractivity contribution is 9.10. The number of hydrogen-bond acceptors (Lipinski definition) is 3. The van der Waals surface area contributed by atoms with Gasteiger partial charge in [-0.15, -0.1) is 0 Å². The Bertz CT molecular complexity index is 643. The summed E-state index contributed by atoms with van der Waals surface area (Å²) in [4.78, 5) is 9.01. The molecule has 0 bridgehead atoms. The van der Waals surface area contributed by atoms with Crippen molar-refractivity contribution >= 4 is 27.5 Å². The molecule has 0 aliphatic carbocycles. The molecule has 2 aromatic heterocycles. The van der Waals surface area contributed by atoms with E-state index in [1.54, 1.807) is 4.68 Å². The average molecular weight is 358 g/mol. The topological polar surface area (TPSA) is 43.6 Å². The van der Waals surface area contributed by atoms with Gasteiger partial charge >= 0.3 is 0 Å². The quantitative estimate of drug-likeness (QED) is 0.758. The van der Waals surface area contributed by atoms with E-state index in [4.69, 9.17) is 11.6 Å². The van der Waals surface area contributed by atoms with Gasteiger partial charge in [0.05, 0.1) is 21.4 Å². The van der Waals surface area contributed by atoms with Gasteiger partial charge in [0.25, 0.3) is 0 Å². The Morgan fingerprint density at radius 1 is 1.30 bits per heavy atom. The maximum absolute atomic E-state index is 6.20. The van der Waals surface area contributed by atoms with E-state index < -0.39 is 0 Å². The summed E-state index contributed by atoms with van der Waals surface area (Å²) in [5.41, 5.74) is 2.74. The molecule has 0 aromatic carbocycles. The molecule has 4 nitrogen and oxygen atoms in total. The molecule has 0 spiro atoms. The van der Waals surface area contributed by atoms with Crippen molar-refractivity contribution in [3.8, 4) is 11.4 Å². The van der Waals surface area contributed by atoms with Gasteiger partial charge in [-0.05, 0) is 22.4 Å². The van der Waals surface area contributed by atoms with E-state index in [0.29, 0.717) is 11.0 Å². The van der Waals surface area contributed by atoms with Gasteiger partial charge in [-0.1, -0.05) is 39.3 Å². The van der Waals surface area contributed by atoms with Crippen molar-refractivity contribution in [1.82, 2.24) is 19.7 Å². The minimum Gasteiger partial charge on any atom is -0.275 e. The lowest BCUT2D eigenvalue weighted by Crippen LogP contribution is -2.14. The minimum absolute atomic E-state index is 0.0775. The largest absolute Gasteiger partial charge is 0.275 e. The van der Waals surface area contributed by atoms with Gasteiger partial charge < -0.3 is 0 Å². The van der Waals surface area contributed by atoms with Crippen LogP contribution in [0.15, 0.2) is 10.7 Å². The molecule has 0 aliphatic rings. The minimum atomic E-state index is -0.0775. The summed E-state index contributed by atoms with van der Waals surface area (Å²) in [5, 5.41) is 4.99. The summed E-state index contributed by atoms with van der Waals surface area (Å²) < 4.78 is 2.56. The second-order valence-corrected chi connectivity index (χ2v) is 6.92. The van der Waals surface area contributed by atoms with Crippen molar-refractivity contribution in [1.29, 1.82) is 0 Å². The first-order chi connectivity index (χ1) is 9.24. The van der Waals surface area contributed by atoms with Gasteiger partial charge in [-0.2, -0.15) is 5.10 Å². The average Bonchev–Trinajstić information content (AvgIpc) is 2.74. The predicted octanol–water partition coefficient (Wildman–Crippen LogP) is 4.15. The zero-order valence-electron chi connectivity index (χ0n) is 12.3. The number of hydrogen-bond donors (Lipinski definition) is 0. The predicted molar refractivity (Wildman–Crippen MR) is 85.0 cm³/mol. The standard InChI is InChI=1S/C14H18BrClN4/c1-6-9-10(15)12(16)18-13(17-9)8-7-20(5)19-11(8)14(2,3)4/h7H,6H2,1-5H3. The van der Waals surface area contributed by atoms with Crippen LogP contribution in [-0.2, 0) is 18.9 Å². The molecule has 108 valence electrons. The third kappa shape index (κ3) is 2.88. The van der Waals surface area contributed by atoms with Crippen molar-refractivity contribution in [2.24, 2.45) is 7.05 Å². The first-order valence-corrected chi connectivity index (χ1v) is 7.67. The molecular weight excluding hydrogens is 340 g/mol. The first-order valence-electron chi connectivity index (χ1n) is 6.50. The van der Waals surface area contributed by atoms with Gasteiger partial charge in [0.2, 0.25) is 0 Å². The lowest BCUT2D eigenvalue weighted by Gasteiger charge is -2.17. The van der Waals surface area contributed by atoms with Crippen molar-refractivity contribution in [3.63, 3.8) is 0 Å². The molecule has 0 N–H and O–H groups in total. The van der Waals surface area contributed by atoms with Crippen molar-refractivity contribution in [3.05, 3.63) is 27.2 Å². The zero-order valence-corrected chi connectivity index (χ0v) is 14.7. The normalized spacial score (nSPS) is 11.9. The van der Waals surface area contributed by atoms with Gasteiger partial charge in [-0.3, -0.25) is 4.68 Å². The third-order valence-corrected chi connectivity index (χ3v) is 4.33. The molecular formula is C14H18BrClN4. The number of aromatic nitrogens is 4. The van der Waals surface area contributed by atoms with Crippen LogP contribution in [0.3, 0.4) is 0 Å². The molecule has 2 heterocycles. The fraction of sp³-hybridized carbons (Fsp3) is 0.500. The number of rotatable bonds is 2. The highest BCUT2D eigenvalue weighted by atomic mass is 79.9. The van der Waals surface area contributed by atoms with Crippen LogP contribution in [0.1, 0.15) is 39.1 Å². The van der Waals surface area contributed by atoms with Crippen LogP contribution in [0.2, 0.25) is 5.15 Å². The Labute approximate surface area is 132 Å². The van der Waals surface area contributed by atoms with E-state index >= 15 is 0 Å². The number of halogens is 2. The van der Waals surface area contributed by atoms with Gasteiger partial charge in [0.1, 0.15) is 5.15 Å². The molecule has 20 heavy (non-hydrogen) atoms. The third-order valence-electron chi connectivity index (χ3n) is 2.99. The summed E-state index contributed by atoms with van der Waals surface area (Å²) >= 11 is 9.63. The van der Waals surface area contributed by atoms with Crippen LogP contribution < -0.4 is 0 Å². The Hall–Kier alpha value is -0.940. The van der Waals surface area contributed by atoms with Gasteiger partial charge in [-0.25, -0.2) is 9.97 Å². The molecule has 2 aromatic rings. The Balaban J connectivity index is 2.66. The molecule has 0 amide bonds. The summed E-state index contributed by atoms with van der Waals surface area (Å²) in [7, 11) is 1.90. The molecule has 2 rings (SSSR count). The van der Waals surface area contributed by atoms with Crippen molar-refractivity contribution in [2.45, 2.75) is 39.5 Å². The Morgan fingerprint density at radius 2 is 1.95 bits per heavy atom. The summed E-state index contributed by atoms with van der Waals surface area (Å²) in [6, 6.07) is 0. The van der Waals surface area contributed by atoms with E-state index in [1.165, 1.54) is 0 Å². The molecule has 0 radical (unpaired) electrons. The molecule has 0 fully saturated rings. The fourth-order valence-electron chi connectivity index (χ4n) is 2.02. The second-order valence-electron chi connectivity index (χ2n) is 5.77. The van der Waals surface area contributed by atoms with Crippen LogP contribution in [0.25, 0.3) is 11.4 Å². The molecule has 0 aliphatic heterocycles. The maximum Gasteiger partial charge on any atom is 0.164 e. The van der Waals surface area contributed by atoms with Crippen LogP contribution in [0.4, 0.5) is 0 Å². The molecule has 0 saturated heterocycles. The number of aryl methyl sites for hydroxylation is 2. The van der Waals surface area contributed by atoms with E-state index in [9.17, 15) is 0 Å². The first kappa shape index (κ1) is 15.4. The summed E-state index contributed by atoms with van der Waals surface area (Å²) in [6.07, 6.45) is 2.74. The SMILES string of the molecule is CCc1nc(-c2cn(C)nc2C(C)(C)C)nc(Cl)c1Br. The summed E-state index contributed by atoms with van der Waals surface area (Å²) in [5.74, 6) is 0.632. The highest BCUT2D eigenvalue weighted by Gasteiger charge is 2.25. The molecule has 0 atom stereocenters. The van der Waals surface area contributed by atoms with Crippen LogP contribution in [0.5, 0.6) is 0 Å². The Morgan fingerprint density at radius 3 is 2.50 bits per heavy atom. The maximum atomic E-state index is 6.20. The van der Waals surface area contributed by atoms with Crippen molar-refractivity contribution in [2.75, 3.05) is 0 Å². The van der Waals surface area contributed by atoms with E-state index in [1.807, 2.05) is 20.2 Å². The van der Waals surface area contributed by atoms with Crippen molar-refractivity contribution < 1.29 is 0 Å². The van der Waals surface area contributed by atoms with Gasteiger partial charge in [0.15, 0.2) is 5.82 Å². The van der Waals surface area contributed by atoms with E-state index in [0.717, 1.165) is 27.8 Å². The molecule has 0 saturated carbocycles. The summed E-state index contributed by atoms with van der Waals surface area (Å²) in [6.45, 7) is 8.42. The number of nitrogens with zero attached hydrogens (tertiary/aromatic N) is 4. The Kier molecular flexibility index (Phi) is 4.21. The second kappa shape index (κ2) is 5.45.